The predicted octanol–water partition coefficient (Wildman–Crippen LogP) is 2.49. The van der Waals surface area contributed by atoms with Crippen LogP contribution in [0.5, 0.6) is 0 Å². The van der Waals surface area contributed by atoms with E-state index < -0.39 is 10.0 Å². The molecule has 1 saturated heterocycles. The van der Waals surface area contributed by atoms with Gasteiger partial charge in [0.05, 0.1) is 4.90 Å². The molecule has 0 saturated carbocycles. The van der Waals surface area contributed by atoms with Gasteiger partial charge in [-0.2, -0.15) is 0 Å². The van der Waals surface area contributed by atoms with E-state index in [1.54, 1.807) is 25.1 Å². The van der Waals surface area contributed by atoms with Crippen LogP contribution >= 0.6 is 24.0 Å². The van der Waals surface area contributed by atoms with E-state index in [4.69, 9.17) is 11.6 Å². The van der Waals surface area contributed by atoms with E-state index in [9.17, 15) is 8.42 Å². The van der Waals surface area contributed by atoms with Gasteiger partial charge < -0.3 is 5.32 Å². The molecule has 1 aliphatic heterocycles. The smallest absolute Gasteiger partial charge is 0.241 e. The van der Waals surface area contributed by atoms with Crippen LogP contribution in [0.25, 0.3) is 0 Å². The highest BCUT2D eigenvalue weighted by atomic mass is 35.5. The van der Waals surface area contributed by atoms with Gasteiger partial charge in [0.2, 0.25) is 10.0 Å². The van der Waals surface area contributed by atoms with Crippen molar-refractivity contribution in [1.82, 2.24) is 10.0 Å². The standard InChI is InChI=1S/C13H19ClN2O2S.ClH/c1-9-8-11(14)5-6-13(9)19(17,18)16-12-4-3-7-15-10(12)2;/h5-6,8,10,12,15-16H,3-4,7H2,1-2H3;1H. The molecule has 0 spiro atoms. The van der Waals surface area contributed by atoms with Gasteiger partial charge in [-0.3, -0.25) is 0 Å². The van der Waals surface area contributed by atoms with E-state index >= 15 is 0 Å². The van der Waals surface area contributed by atoms with Crippen LogP contribution in [-0.4, -0.2) is 27.0 Å². The lowest BCUT2D eigenvalue weighted by molar-refractivity contribution is 0.349. The van der Waals surface area contributed by atoms with Crippen molar-refractivity contribution in [2.75, 3.05) is 6.54 Å². The first kappa shape index (κ1) is 17.7. The van der Waals surface area contributed by atoms with Gasteiger partial charge in [-0.1, -0.05) is 11.6 Å². The zero-order chi connectivity index (χ0) is 14.0. The second-order valence-electron chi connectivity index (χ2n) is 5.02. The van der Waals surface area contributed by atoms with Crippen molar-refractivity contribution in [1.29, 1.82) is 0 Å². The van der Waals surface area contributed by atoms with Crippen molar-refractivity contribution in [3.05, 3.63) is 28.8 Å². The highest BCUT2D eigenvalue weighted by molar-refractivity contribution is 7.89. The third-order valence-electron chi connectivity index (χ3n) is 3.49. The Labute approximate surface area is 131 Å². The topological polar surface area (TPSA) is 58.2 Å². The Kier molecular flexibility index (Phi) is 6.28. The molecule has 0 bridgehead atoms. The van der Waals surface area contributed by atoms with Gasteiger partial charge in [-0.05, 0) is 57.0 Å². The average Bonchev–Trinajstić information content (AvgIpc) is 2.31. The molecular formula is C13H20Cl2N2O2S. The molecule has 4 nitrogen and oxygen atoms in total. The summed E-state index contributed by atoms with van der Waals surface area (Å²) in [6, 6.07) is 4.91. The highest BCUT2D eigenvalue weighted by Crippen LogP contribution is 2.21. The molecule has 1 fully saturated rings. The Morgan fingerprint density at radius 1 is 1.40 bits per heavy atom. The van der Waals surface area contributed by atoms with Crippen molar-refractivity contribution < 1.29 is 8.42 Å². The molecule has 1 aromatic rings. The molecule has 1 aliphatic rings. The normalized spacial score (nSPS) is 23.1. The van der Waals surface area contributed by atoms with E-state index in [1.807, 2.05) is 6.92 Å². The summed E-state index contributed by atoms with van der Waals surface area (Å²) in [7, 11) is -3.49. The van der Waals surface area contributed by atoms with Gasteiger partial charge in [-0.15, -0.1) is 12.4 Å². The molecule has 0 amide bonds. The summed E-state index contributed by atoms with van der Waals surface area (Å²) in [5, 5.41) is 3.83. The Morgan fingerprint density at radius 3 is 2.70 bits per heavy atom. The molecule has 0 aliphatic carbocycles. The van der Waals surface area contributed by atoms with Crippen LogP contribution in [0.4, 0.5) is 0 Å². The number of piperidine rings is 1. The van der Waals surface area contributed by atoms with Gasteiger partial charge in [0, 0.05) is 17.1 Å². The molecule has 20 heavy (non-hydrogen) atoms. The molecule has 1 heterocycles. The summed E-state index contributed by atoms with van der Waals surface area (Å²) in [4.78, 5) is 0.301. The van der Waals surface area contributed by atoms with Crippen LogP contribution in [0, 0.1) is 6.92 Å². The van der Waals surface area contributed by atoms with E-state index in [1.165, 1.54) is 0 Å². The minimum atomic E-state index is -3.49. The number of benzene rings is 1. The summed E-state index contributed by atoms with van der Waals surface area (Å²) in [5.74, 6) is 0. The van der Waals surface area contributed by atoms with Crippen molar-refractivity contribution >= 4 is 34.0 Å². The lowest BCUT2D eigenvalue weighted by atomic mass is 10.0. The number of rotatable bonds is 3. The summed E-state index contributed by atoms with van der Waals surface area (Å²) in [5.41, 5.74) is 0.663. The Morgan fingerprint density at radius 2 is 2.10 bits per heavy atom. The molecule has 2 rings (SSSR count). The molecule has 2 atom stereocenters. The third kappa shape index (κ3) is 4.09. The fraction of sp³-hybridized carbons (Fsp3) is 0.538. The maximum Gasteiger partial charge on any atom is 0.241 e. The highest BCUT2D eigenvalue weighted by Gasteiger charge is 2.27. The van der Waals surface area contributed by atoms with E-state index in [-0.39, 0.29) is 24.5 Å². The van der Waals surface area contributed by atoms with Crippen LogP contribution < -0.4 is 10.0 Å². The first-order valence-electron chi connectivity index (χ1n) is 6.42. The number of hydrogen-bond donors (Lipinski definition) is 2. The van der Waals surface area contributed by atoms with Crippen LogP contribution in [0.1, 0.15) is 25.3 Å². The molecular weight excluding hydrogens is 319 g/mol. The summed E-state index contributed by atoms with van der Waals surface area (Å²) in [6.45, 7) is 4.70. The minimum absolute atomic E-state index is 0. The fourth-order valence-electron chi connectivity index (χ4n) is 2.38. The summed E-state index contributed by atoms with van der Waals surface area (Å²) >= 11 is 5.86. The van der Waals surface area contributed by atoms with Gasteiger partial charge in [0.1, 0.15) is 0 Å². The van der Waals surface area contributed by atoms with Crippen molar-refractivity contribution in [3.63, 3.8) is 0 Å². The average molecular weight is 339 g/mol. The first-order chi connectivity index (χ1) is 8.90. The number of aryl methyl sites for hydroxylation is 1. The number of sulfonamides is 1. The largest absolute Gasteiger partial charge is 0.313 e. The van der Waals surface area contributed by atoms with Crippen LogP contribution in [0.15, 0.2) is 23.1 Å². The Balaban J connectivity index is 0.00000200. The van der Waals surface area contributed by atoms with Gasteiger partial charge in [0.25, 0.3) is 0 Å². The number of hydrogen-bond acceptors (Lipinski definition) is 3. The first-order valence-corrected chi connectivity index (χ1v) is 8.28. The molecule has 7 heteroatoms. The van der Waals surface area contributed by atoms with E-state index in [0.29, 0.717) is 15.5 Å². The van der Waals surface area contributed by atoms with Crippen molar-refractivity contribution in [3.8, 4) is 0 Å². The zero-order valence-corrected chi connectivity index (χ0v) is 13.9. The number of halogens is 2. The Bertz CT molecular complexity index is 563. The lowest BCUT2D eigenvalue weighted by Gasteiger charge is -2.30. The second-order valence-corrected chi connectivity index (χ2v) is 7.14. The van der Waals surface area contributed by atoms with Gasteiger partial charge in [0.15, 0.2) is 0 Å². The zero-order valence-electron chi connectivity index (χ0n) is 11.5. The number of nitrogens with one attached hydrogen (secondary N) is 2. The van der Waals surface area contributed by atoms with Crippen LogP contribution in [0.2, 0.25) is 5.02 Å². The molecule has 0 aromatic heterocycles. The maximum atomic E-state index is 12.4. The van der Waals surface area contributed by atoms with E-state index in [0.717, 1.165) is 19.4 Å². The lowest BCUT2D eigenvalue weighted by Crippen LogP contribution is -2.51. The SMILES string of the molecule is Cc1cc(Cl)ccc1S(=O)(=O)NC1CCCNC1C.Cl. The van der Waals surface area contributed by atoms with Gasteiger partial charge >= 0.3 is 0 Å². The molecule has 2 unspecified atom stereocenters. The molecule has 1 aromatic carbocycles. The molecule has 2 N–H and O–H groups in total. The predicted molar refractivity (Wildman–Crippen MR) is 84.2 cm³/mol. The Hall–Kier alpha value is -0.330. The van der Waals surface area contributed by atoms with E-state index in [2.05, 4.69) is 10.0 Å². The van der Waals surface area contributed by atoms with Gasteiger partial charge in [-0.25, -0.2) is 13.1 Å². The van der Waals surface area contributed by atoms with Crippen molar-refractivity contribution in [2.45, 2.75) is 43.7 Å². The summed E-state index contributed by atoms with van der Waals surface area (Å²) in [6.07, 6.45) is 1.84. The second kappa shape index (κ2) is 7.09. The maximum absolute atomic E-state index is 12.4. The monoisotopic (exact) mass is 338 g/mol. The molecule has 114 valence electrons. The summed E-state index contributed by atoms with van der Waals surface area (Å²) < 4.78 is 27.6. The fourth-order valence-corrected chi connectivity index (χ4v) is 4.19. The minimum Gasteiger partial charge on any atom is -0.313 e. The quantitative estimate of drug-likeness (QED) is 0.890. The van der Waals surface area contributed by atoms with Crippen LogP contribution in [-0.2, 0) is 10.0 Å². The van der Waals surface area contributed by atoms with Crippen molar-refractivity contribution in [2.24, 2.45) is 0 Å². The molecule has 0 radical (unpaired) electrons. The van der Waals surface area contributed by atoms with Crippen LogP contribution in [0.3, 0.4) is 0 Å². The third-order valence-corrected chi connectivity index (χ3v) is 5.38.